The van der Waals surface area contributed by atoms with Crippen molar-refractivity contribution in [1.82, 2.24) is 0 Å². The van der Waals surface area contributed by atoms with Gasteiger partial charge in [0.05, 0.1) is 5.56 Å². The zero-order valence-corrected chi connectivity index (χ0v) is 14.3. The molecule has 3 aromatic carbocycles. The molecule has 0 saturated carbocycles. The lowest BCUT2D eigenvalue weighted by atomic mass is 10.0. The van der Waals surface area contributed by atoms with Crippen molar-refractivity contribution in [3.05, 3.63) is 77.3 Å². The quantitative estimate of drug-likeness (QED) is 0.693. The van der Waals surface area contributed by atoms with Gasteiger partial charge in [-0.3, -0.25) is 4.79 Å². The molecular formula is C20H16ClNO3. The lowest BCUT2D eigenvalue weighted by Gasteiger charge is -2.14. The number of fused-ring (bicyclic) bond motifs is 1. The standard InChI is InChI=1S/C20H16ClNO3/c1-13(19(23)22-16-9-5-8-15(21)12-16)25-20(24)18-11-4-7-14-6-2-3-10-17(14)18/h2-13H,1H3,(H,22,23)/t13-/m1/s1. The molecule has 1 atom stereocenters. The summed E-state index contributed by atoms with van der Waals surface area (Å²) in [5.74, 6) is -0.957. The average Bonchev–Trinajstić information content (AvgIpc) is 2.61. The number of nitrogens with one attached hydrogen (secondary N) is 1. The second-order valence-electron chi connectivity index (χ2n) is 5.57. The van der Waals surface area contributed by atoms with Gasteiger partial charge in [-0.25, -0.2) is 4.79 Å². The summed E-state index contributed by atoms with van der Waals surface area (Å²) >= 11 is 5.89. The Morgan fingerprint density at radius 1 is 1.00 bits per heavy atom. The minimum Gasteiger partial charge on any atom is -0.449 e. The molecule has 0 unspecified atom stereocenters. The normalized spacial score (nSPS) is 11.8. The van der Waals surface area contributed by atoms with Crippen molar-refractivity contribution in [2.75, 3.05) is 5.32 Å². The number of hydrogen-bond donors (Lipinski definition) is 1. The summed E-state index contributed by atoms with van der Waals surface area (Å²) in [5, 5.41) is 4.92. The number of ether oxygens (including phenoxy) is 1. The van der Waals surface area contributed by atoms with Crippen LogP contribution in [0.5, 0.6) is 0 Å². The van der Waals surface area contributed by atoms with Crippen LogP contribution in [-0.4, -0.2) is 18.0 Å². The van der Waals surface area contributed by atoms with Crippen molar-refractivity contribution >= 4 is 39.9 Å². The lowest BCUT2D eigenvalue weighted by Crippen LogP contribution is -2.30. The molecule has 0 saturated heterocycles. The van der Waals surface area contributed by atoms with Crippen molar-refractivity contribution in [2.45, 2.75) is 13.0 Å². The first-order chi connectivity index (χ1) is 12.0. The van der Waals surface area contributed by atoms with E-state index in [0.717, 1.165) is 10.8 Å². The molecule has 0 bridgehead atoms. The average molecular weight is 354 g/mol. The van der Waals surface area contributed by atoms with Crippen molar-refractivity contribution in [3.63, 3.8) is 0 Å². The van der Waals surface area contributed by atoms with E-state index in [9.17, 15) is 9.59 Å². The summed E-state index contributed by atoms with van der Waals surface area (Å²) in [5.41, 5.74) is 0.978. The fourth-order valence-corrected chi connectivity index (χ4v) is 2.68. The van der Waals surface area contributed by atoms with E-state index in [2.05, 4.69) is 5.32 Å². The summed E-state index contributed by atoms with van der Waals surface area (Å²) in [6.45, 7) is 1.53. The SMILES string of the molecule is C[C@@H](OC(=O)c1cccc2ccccc12)C(=O)Nc1cccc(Cl)c1. The monoisotopic (exact) mass is 353 g/mol. The van der Waals surface area contributed by atoms with E-state index in [-0.39, 0.29) is 0 Å². The molecule has 25 heavy (non-hydrogen) atoms. The Labute approximate surface area is 150 Å². The molecule has 5 heteroatoms. The van der Waals surface area contributed by atoms with Gasteiger partial charge in [0.25, 0.3) is 5.91 Å². The maximum Gasteiger partial charge on any atom is 0.339 e. The number of benzene rings is 3. The molecule has 0 aliphatic heterocycles. The number of halogens is 1. The van der Waals surface area contributed by atoms with Crippen LogP contribution in [0.15, 0.2) is 66.7 Å². The fourth-order valence-electron chi connectivity index (χ4n) is 2.49. The van der Waals surface area contributed by atoms with Gasteiger partial charge < -0.3 is 10.1 Å². The summed E-state index contributed by atoms with van der Waals surface area (Å²) < 4.78 is 5.32. The van der Waals surface area contributed by atoms with Crippen molar-refractivity contribution in [2.24, 2.45) is 0 Å². The van der Waals surface area contributed by atoms with Gasteiger partial charge >= 0.3 is 5.97 Å². The second kappa shape index (κ2) is 7.36. The summed E-state index contributed by atoms with van der Waals surface area (Å²) in [6.07, 6.45) is -0.939. The molecule has 1 N–H and O–H groups in total. The van der Waals surface area contributed by atoms with Crippen LogP contribution in [-0.2, 0) is 9.53 Å². The number of anilines is 1. The zero-order chi connectivity index (χ0) is 17.8. The molecule has 0 radical (unpaired) electrons. The Morgan fingerprint density at radius 2 is 1.72 bits per heavy atom. The van der Waals surface area contributed by atoms with Gasteiger partial charge in [0.2, 0.25) is 0 Å². The first kappa shape index (κ1) is 17.0. The number of esters is 1. The minimum atomic E-state index is -0.939. The second-order valence-corrected chi connectivity index (χ2v) is 6.01. The first-order valence-corrected chi connectivity index (χ1v) is 8.17. The van der Waals surface area contributed by atoms with E-state index in [4.69, 9.17) is 16.3 Å². The van der Waals surface area contributed by atoms with E-state index < -0.39 is 18.0 Å². The number of carbonyl (C=O) groups is 2. The molecule has 0 heterocycles. The number of rotatable bonds is 4. The topological polar surface area (TPSA) is 55.4 Å². The van der Waals surface area contributed by atoms with Gasteiger partial charge in [-0.15, -0.1) is 0 Å². The van der Waals surface area contributed by atoms with Gasteiger partial charge in [0.1, 0.15) is 0 Å². The third kappa shape index (κ3) is 3.98. The third-order valence-corrected chi connectivity index (χ3v) is 3.99. The number of hydrogen-bond acceptors (Lipinski definition) is 3. The molecule has 1 amide bonds. The molecule has 0 fully saturated rings. The summed E-state index contributed by atoms with van der Waals surface area (Å²) in [6, 6.07) is 19.7. The first-order valence-electron chi connectivity index (χ1n) is 7.80. The van der Waals surface area contributed by atoms with Crippen LogP contribution >= 0.6 is 11.6 Å². The number of carbonyl (C=O) groups excluding carboxylic acids is 2. The predicted octanol–water partition coefficient (Wildman–Crippen LogP) is 4.68. The van der Waals surface area contributed by atoms with Crippen molar-refractivity contribution in [3.8, 4) is 0 Å². The minimum absolute atomic E-state index is 0.421. The Bertz CT molecular complexity index is 934. The van der Waals surface area contributed by atoms with Crippen LogP contribution in [0, 0.1) is 0 Å². The zero-order valence-electron chi connectivity index (χ0n) is 13.5. The van der Waals surface area contributed by atoms with E-state index in [0.29, 0.717) is 16.3 Å². The van der Waals surface area contributed by atoms with Gasteiger partial charge in [-0.05, 0) is 42.0 Å². The highest BCUT2D eigenvalue weighted by Gasteiger charge is 2.20. The lowest BCUT2D eigenvalue weighted by molar-refractivity contribution is -0.123. The van der Waals surface area contributed by atoms with Crippen LogP contribution in [0.4, 0.5) is 5.69 Å². The highest BCUT2D eigenvalue weighted by Crippen LogP contribution is 2.20. The van der Waals surface area contributed by atoms with Crippen LogP contribution < -0.4 is 5.32 Å². The number of amides is 1. The largest absolute Gasteiger partial charge is 0.449 e. The van der Waals surface area contributed by atoms with Crippen LogP contribution in [0.1, 0.15) is 17.3 Å². The molecule has 3 rings (SSSR count). The Hall–Kier alpha value is -2.85. The fraction of sp³-hybridized carbons (Fsp3) is 0.100. The molecule has 0 aliphatic rings. The molecule has 0 aromatic heterocycles. The molecule has 4 nitrogen and oxygen atoms in total. The molecule has 0 aliphatic carbocycles. The predicted molar refractivity (Wildman–Crippen MR) is 98.9 cm³/mol. The maximum absolute atomic E-state index is 12.5. The maximum atomic E-state index is 12.5. The Kier molecular flexibility index (Phi) is 5.00. The van der Waals surface area contributed by atoms with Gasteiger partial charge in [0.15, 0.2) is 6.10 Å². The van der Waals surface area contributed by atoms with E-state index >= 15 is 0 Å². The summed E-state index contributed by atoms with van der Waals surface area (Å²) in [7, 11) is 0. The van der Waals surface area contributed by atoms with Gasteiger partial charge in [-0.1, -0.05) is 54.1 Å². The van der Waals surface area contributed by atoms with Crippen LogP contribution in [0.25, 0.3) is 10.8 Å². The van der Waals surface area contributed by atoms with Crippen molar-refractivity contribution < 1.29 is 14.3 Å². The Morgan fingerprint density at radius 3 is 2.52 bits per heavy atom. The third-order valence-electron chi connectivity index (χ3n) is 3.75. The van der Waals surface area contributed by atoms with E-state index in [1.165, 1.54) is 6.92 Å². The smallest absolute Gasteiger partial charge is 0.339 e. The Balaban J connectivity index is 1.72. The molecule has 0 spiro atoms. The van der Waals surface area contributed by atoms with Gasteiger partial charge in [-0.2, -0.15) is 0 Å². The van der Waals surface area contributed by atoms with E-state index in [1.54, 1.807) is 36.4 Å². The van der Waals surface area contributed by atoms with Crippen LogP contribution in [0.3, 0.4) is 0 Å². The molecule has 3 aromatic rings. The molecule has 126 valence electrons. The highest BCUT2D eigenvalue weighted by atomic mass is 35.5. The summed E-state index contributed by atoms with van der Waals surface area (Å²) in [4.78, 5) is 24.7. The molecular weight excluding hydrogens is 338 g/mol. The van der Waals surface area contributed by atoms with Crippen LogP contribution in [0.2, 0.25) is 5.02 Å². The van der Waals surface area contributed by atoms with Crippen molar-refractivity contribution in [1.29, 1.82) is 0 Å². The highest BCUT2D eigenvalue weighted by molar-refractivity contribution is 6.30. The van der Waals surface area contributed by atoms with Gasteiger partial charge in [0, 0.05) is 10.7 Å². The van der Waals surface area contributed by atoms with E-state index in [1.807, 2.05) is 30.3 Å².